The van der Waals surface area contributed by atoms with Crippen molar-refractivity contribution in [3.05, 3.63) is 353 Å². The van der Waals surface area contributed by atoms with Crippen molar-refractivity contribution in [2.75, 3.05) is 19.6 Å². The van der Waals surface area contributed by atoms with Gasteiger partial charge in [-0.1, -0.05) is 283 Å². The van der Waals surface area contributed by atoms with Crippen LogP contribution in [0.5, 0.6) is 0 Å². The Morgan fingerprint density at radius 3 is 0.873 bits per heavy atom. The summed E-state index contributed by atoms with van der Waals surface area (Å²) in [6.45, 7) is 44.2. The highest BCUT2D eigenvalue weighted by atomic mass is 15.2. The van der Waals surface area contributed by atoms with Crippen LogP contribution in [0.3, 0.4) is 0 Å². The molecule has 0 spiro atoms. The Bertz CT molecular complexity index is 5630. The maximum absolute atomic E-state index is 8.12. The smallest absolute Gasteiger partial charge is 0.187 e. The molecule has 0 aromatic heterocycles. The zero-order chi connectivity index (χ0) is 98.6. The van der Waals surface area contributed by atoms with Crippen molar-refractivity contribution < 1.29 is 29.2 Å². The lowest BCUT2D eigenvalue weighted by atomic mass is 9.82. The lowest BCUT2D eigenvalue weighted by Crippen LogP contribution is -2.16. The average molecular weight is 1480 g/mol. The standard InChI is InChI=1S/C55H53N3.C46H44N2.4CH4.8H2/c1-35-16-23-44(30-37(35)3)57(42-25-18-39(19-26-42)54(5,6)7)52-34-51-49-32-41(56-11)22-29-48(49)53(33-50(51)46-14-12-13-15-47(46)52)58(45-24-17-36(2)38(4)31-45)43-27-20-40(21-28-43)55(8,9)10;1-45(2,3)33-27-29-39-41(31-33)43(47(35-19-11-7-12-20-35)36-21-13-8-14-22-36)40-30-28-34(46(4,5)6)32-42(40)44(39)48(37-23-15-9-16-24-37)38-25-17-10-18-26-38;;;;;;;;;;;;/h12-34H,1-10H3;7-32H,1-6H3;4*1H4;8*1H/i;;4*1D;8*1+1D. The first-order valence-corrected chi connectivity index (χ1v) is 37.3. The predicted molar refractivity (Wildman–Crippen MR) is 503 cm³/mol. The third kappa shape index (κ3) is 15.9. The number of fused-ring (bicyclic) bond motifs is 7. The van der Waals surface area contributed by atoms with Gasteiger partial charge in [-0.05, 0) is 243 Å². The molecule has 5 heteroatoms. The first kappa shape index (κ1) is 65.4. The van der Waals surface area contributed by atoms with Crippen LogP contribution in [0.25, 0.3) is 58.7 Å². The van der Waals surface area contributed by atoms with E-state index in [9.17, 15) is 0 Å². The van der Waals surface area contributed by atoms with Crippen LogP contribution in [0, 0.1) is 34.3 Å². The van der Waals surface area contributed by atoms with Crippen LogP contribution in [-0.2, 0) is 21.7 Å². The first-order chi connectivity index (χ1) is 62.7. The molecule has 0 saturated carbocycles. The minimum Gasteiger partial charge on any atom is -0.310 e. The van der Waals surface area contributed by atoms with E-state index in [1.54, 1.807) is 0 Å². The van der Waals surface area contributed by atoms with Gasteiger partial charge in [0.25, 0.3) is 0 Å². The number of para-hydroxylation sites is 4. The Balaban J connectivity index is 0.000000723. The van der Waals surface area contributed by atoms with E-state index < -0.39 is 0 Å². The molecular formula is C105H129N5. The molecule has 0 atom stereocenters. The van der Waals surface area contributed by atoms with Gasteiger partial charge in [0.2, 0.25) is 0 Å². The van der Waals surface area contributed by atoms with Crippen LogP contribution < -0.4 is 19.6 Å². The van der Waals surface area contributed by atoms with Crippen molar-refractivity contribution in [3.8, 4) is 0 Å². The van der Waals surface area contributed by atoms with Gasteiger partial charge in [0, 0.05) is 107 Å². The molecule has 0 saturated heterocycles. The summed E-state index contributed by atoms with van der Waals surface area (Å²) in [5.41, 5.74) is 24.3. The van der Waals surface area contributed by atoms with E-state index in [1.807, 2.05) is 6.07 Å². The molecule has 0 N–H and O–H groups in total. The van der Waals surface area contributed by atoms with Crippen molar-refractivity contribution in [1.82, 2.24) is 0 Å². The van der Waals surface area contributed by atoms with Crippen LogP contribution in [0.2, 0.25) is 0 Å². The topological polar surface area (TPSA) is 17.3 Å². The van der Waals surface area contributed by atoms with Crippen LogP contribution in [-0.4, -0.2) is 0 Å². The fourth-order valence-corrected chi connectivity index (χ4v) is 14.9. The molecule has 5 nitrogen and oxygen atoms in total. The van der Waals surface area contributed by atoms with E-state index in [0.717, 1.165) is 89.2 Å². The van der Waals surface area contributed by atoms with E-state index in [0.29, 0.717) is 5.69 Å². The van der Waals surface area contributed by atoms with Crippen molar-refractivity contribution in [2.45, 2.75) is 162 Å². The van der Waals surface area contributed by atoms with Crippen molar-refractivity contribution in [1.29, 1.82) is 0 Å². The highest BCUT2D eigenvalue weighted by Crippen LogP contribution is 2.54. The summed E-state index contributed by atoms with van der Waals surface area (Å²) in [7, 11) is 5.00. The second-order valence-corrected chi connectivity index (χ2v) is 32.8. The molecule has 0 amide bonds. The van der Waals surface area contributed by atoms with Crippen molar-refractivity contribution in [2.24, 2.45) is 0 Å². The summed E-state index contributed by atoms with van der Waals surface area (Å²) in [5, 5.41) is 11.6. The Morgan fingerprint density at radius 1 is 0.255 bits per heavy atom. The summed E-state index contributed by atoms with van der Waals surface area (Å²) < 4.78 is 103. The third-order valence-electron chi connectivity index (χ3n) is 21.3. The number of aryl methyl sites for hydroxylation is 4. The molecule has 0 aliphatic heterocycles. The summed E-state index contributed by atoms with van der Waals surface area (Å²) in [5.74, 6) is 0. The maximum atomic E-state index is 8.12. The minimum absolute atomic E-state index is 0.0282. The Labute approximate surface area is 688 Å². The molecule has 0 heterocycles. The maximum Gasteiger partial charge on any atom is 0.187 e. The number of anilines is 12. The monoisotopic (exact) mass is 1480 g/mol. The summed E-state index contributed by atoms with van der Waals surface area (Å²) >= 11 is 0. The van der Waals surface area contributed by atoms with Gasteiger partial charge in [-0.15, -0.1) is 0 Å². The molecule has 110 heavy (non-hydrogen) atoms. The summed E-state index contributed by atoms with van der Waals surface area (Å²) in [4.78, 5) is 13.7. The lowest BCUT2D eigenvalue weighted by Gasteiger charge is -2.34. The van der Waals surface area contributed by atoms with Crippen LogP contribution in [0.4, 0.5) is 73.9 Å². The SMILES string of the molecule is CC(C)(C)c1ccc2c(N(c3ccccc3)c3ccccc3)c3cc(C(C)(C)C)ccc3c(N(c3ccccc3)c3ccccc3)c2c1.[2H]C.[2H]C.[2H]C.[2H]C.[2H][2H].[2H][2H].[2H][2H].[2H][2H].[2H][2H].[2H][2H].[2H][2H].[2H][2H].[C-]#[N+]c1ccc2c(N(c3ccc(C(C)(C)C)cc3)c3ccc(C)c(C)c3)cc3c4ccccc4c(N(c4ccc(C(C)(C)C)cc4)c4ccc(C)c(C)c4)cc3c2c1. The molecule has 15 aromatic rings. The largest absolute Gasteiger partial charge is 0.310 e. The zero-order valence-corrected chi connectivity index (χ0v) is 68.5. The molecule has 0 unspecified atom stereocenters. The van der Waals surface area contributed by atoms with Gasteiger partial charge in [-0.2, -0.15) is 0 Å². The highest BCUT2D eigenvalue weighted by Gasteiger charge is 2.30. The van der Waals surface area contributed by atoms with Crippen molar-refractivity contribution >= 4 is 128 Å². The fourth-order valence-electron chi connectivity index (χ4n) is 14.9. The number of rotatable bonds is 12. The molecule has 0 aliphatic carbocycles. The number of hydrogen-bond donors (Lipinski definition) is 0. The quantitative estimate of drug-likeness (QED) is 0.0525. The zero-order valence-electron chi connectivity index (χ0n) is 88.5. The number of benzene rings is 15. The third-order valence-corrected chi connectivity index (χ3v) is 21.3. The Kier molecular flexibility index (Phi) is 19.2. The fraction of sp³-hybridized carbons (Fsp3) is 0.229. The predicted octanol–water partition coefficient (Wildman–Crippen LogP) is 34.5. The Morgan fingerprint density at radius 2 is 0.536 bits per heavy atom. The van der Waals surface area contributed by atoms with E-state index in [2.05, 4.69) is 426 Å². The van der Waals surface area contributed by atoms with Gasteiger partial charge < -0.3 is 19.6 Å². The van der Waals surface area contributed by atoms with Gasteiger partial charge >= 0.3 is 0 Å². The molecule has 15 rings (SSSR count). The molecule has 15 aromatic carbocycles. The van der Waals surface area contributed by atoms with Gasteiger partial charge in [0.15, 0.2) is 5.69 Å². The second-order valence-electron chi connectivity index (χ2n) is 32.8. The van der Waals surface area contributed by atoms with Crippen molar-refractivity contribution in [3.63, 3.8) is 0 Å². The van der Waals surface area contributed by atoms with Gasteiger partial charge in [0.05, 0.1) is 29.3 Å². The lowest BCUT2D eigenvalue weighted by molar-refractivity contribution is 0.590. The molecule has 0 fully saturated rings. The summed E-state index contributed by atoms with van der Waals surface area (Å²) in [6.07, 6.45) is 0. The molecule has 0 aliphatic rings. The van der Waals surface area contributed by atoms with Gasteiger partial charge in [0.1, 0.15) is 0 Å². The number of nitrogens with zero attached hydrogens (tertiary/aromatic N) is 5. The van der Waals surface area contributed by atoms with Gasteiger partial charge in [-0.25, -0.2) is 4.85 Å². The van der Waals surface area contributed by atoms with E-state index >= 15 is 0 Å². The highest BCUT2D eigenvalue weighted by molar-refractivity contribution is 6.26. The number of hydrogen-bond acceptors (Lipinski definition) is 4. The van der Waals surface area contributed by atoms with Crippen LogP contribution >= 0.6 is 0 Å². The molecule has 0 radical (unpaired) electrons. The van der Waals surface area contributed by atoms with E-state index in [1.165, 1.54) is 107 Å². The molecular weight excluding hydrogens is 1330 g/mol. The molecule has 0 bridgehead atoms. The van der Waals surface area contributed by atoms with Crippen LogP contribution in [0.15, 0.2) is 297 Å². The van der Waals surface area contributed by atoms with E-state index in [-0.39, 0.29) is 21.7 Å². The van der Waals surface area contributed by atoms with Crippen LogP contribution in [0.1, 0.15) is 186 Å². The first-order valence-electron chi connectivity index (χ1n) is 49.3. The average Bonchev–Trinajstić information content (AvgIpc) is 0.722. The summed E-state index contributed by atoms with van der Waals surface area (Å²) in [6, 6.07) is 109. The van der Waals surface area contributed by atoms with Gasteiger partial charge in [-0.3, -0.25) is 0 Å². The minimum atomic E-state index is -0.0282. The normalized spacial score (nSPS) is 12.4. The molecule has 574 valence electrons. The van der Waals surface area contributed by atoms with E-state index in [4.69, 9.17) is 35.8 Å². The Hall–Kier alpha value is -11.7. The second kappa shape index (κ2) is 32.2.